The minimum absolute atomic E-state index is 0.00844. The van der Waals surface area contributed by atoms with Gasteiger partial charge in [-0.15, -0.1) is 0 Å². The van der Waals surface area contributed by atoms with E-state index in [1.807, 2.05) is 6.92 Å². The first-order valence-electron chi connectivity index (χ1n) is 8.97. The SMILES string of the molecule is CCCN(CCC)c1nc(C)cc(C(=O)Nc2ccc(C(C)=O)cc2)n1. The number of nitrogens with zero attached hydrogens (tertiary/aromatic N) is 3. The highest BCUT2D eigenvalue weighted by molar-refractivity contribution is 6.03. The van der Waals surface area contributed by atoms with E-state index in [1.54, 1.807) is 30.3 Å². The van der Waals surface area contributed by atoms with Crippen LogP contribution in [0, 0.1) is 6.92 Å². The van der Waals surface area contributed by atoms with Crippen LogP contribution in [0.4, 0.5) is 11.6 Å². The Morgan fingerprint density at radius 1 is 1.04 bits per heavy atom. The molecular formula is C20H26N4O2. The molecular weight excluding hydrogens is 328 g/mol. The van der Waals surface area contributed by atoms with Crippen molar-refractivity contribution >= 4 is 23.3 Å². The summed E-state index contributed by atoms with van der Waals surface area (Å²) in [6.07, 6.45) is 1.97. The number of hydrogen-bond acceptors (Lipinski definition) is 5. The van der Waals surface area contributed by atoms with E-state index in [2.05, 4.69) is 34.0 Å². The molecule has 0 saturated heterocycles. The molecule has 0 aliphatic carbocycles. The zero-order valence-electron chi connectivity index (χ0n) is 15.9. The molecule has 0 bridgehead atoms. The maximum atomic E-state index is 12.6. The van der Waals surface area contributed by atoms with Crippen molar-refractivity contribution in [2.75, 3.05) is 23.3 Å². The molecule has 0 aliphatic rings. The van der Waals surface area contributed by atoms with Crippen LogP contribution in [0.5, 0.6) is 0 Å². The summed E-state index contributed by atoms with van der Waals surface area (Å²) in [6, 6.07) is 8.49. The molecule has 0 fully saturated rings. The molecule has 1 amide bonds. The normalized spacial score (nSPS) is 10.5. The monoisotopic (exact) mass is 354 g/mol. The Bertz CT molecular complexity index is 766. The van der Waals surface area contributed by atoms with Crippen molar-refractivity contribution in [2.24, 2.45) is 0 Å². The molecule has 1 heterocycles. The van der Waals surface area contributed by atoms with Gasteiger partial charge in [-0.2, -0.15) is 0 Å². The van der Waals surface area contributed by atoms with E-state index in [9.17, 15) is 9.59 Å². The molecule has 6 nitrogen and oxygen atoms in total. The number of carbonyl (C=O) groups is 2. The van der Waals surface area contributed by atoms with Crippen molar-refractivity contribution in [1.29, 1.82) is 0 Å². The first-order valence-corrected chi connectivity index (χ1v) is 8.97. The largest absolute Gasteiger partial charge is 0.341 e. The van der Waals surface area contributed by atoms with E-state index in [0.29, 0.717) is 22.9 Å². The van der Waals surface area contributed by atoms with Crippen LogP contribution in [0.15, 0.2) is 30.3 Å². The van der Waals surface area contributed by atoms with Crippen molar-refractivity contribution in [1.82, 2.24) is 9.97 Å². The van der Waals surface area contributed by atoms with Crippen LogP contribution in [0.1, 0.15) is 60.2 Å². The molecule has 0 spiro atoms. The average molecular weight is 354 g/mol. The highest BCUT2D eigenvalue weighted by Crippen LogP contribution is 2.15. The molecule has 138 valence electrons. The number of hydrogen-bond donors (Lipinski definition) is 1. The van der Waals surface area contributed by atoms with Gasteiger partial charge >= 0.3 is 0 Å². The highest BCUT2D eigenvalue weighted by atomic mass is 16.2. The number of Topliss-reactive ketones (excluding diaryl/α,β-unsaturated/α-hetero) is 1. The predicted octanol–water partition coefficient (Wildman–Crippen LogP) is 3.87. The molecule has 0 saturated carbocycles. The van der Waals surface area contributed by atoms with Gasteiger partial charge in [-0.1, -0.05) is 13.8 Å². The Hall–Kier alpha value is -2.76. The summed E-state index contributed by atoms with van der Waals surface area (Å²) in [6.45, 7) is 9.29. The summed E-state index contributed by atoms with van der Waals surface area (Å²) < 4.78 is 0. The Morgan fingerprint density at radius 2 is 1.65 bits per heavy atom. The van der Waals surface area contributed by atoms with Gasteiger partial charge < -0.3 is 10.2 Å². The van der Waals surface area contributed by atoms with Gasteiger partial charge in [0.1, 0.15) is 5.69 Å². The topological polar surface area (TPSA) is 75.2 Å². The van der Waals surface area contributed by atoms with Gasteiger partial charge in [-0.05, 0) is 57.0 Å². The number of amides is 1. The minimum Gasteiger partial charge on any atom is -0.341 e. The fraction of sp³-hybridized carbons (Fsp3) is 0.400. The molecule has 1 aromatic heterocycles. The van der Waals surface area contributed by atoms with Crippen LogP contribution >= 0.6 is 0 Å². The number of aromatic nitrogens is 2. The maximum absolute atomic E-state index is 12.6. The lowest BCUT2D eigenvalue weighted by molar-refractivity contribution is 0.101. The van der Waals surface area contributed by atoms with Crippen molar-refractivity contribution in [3.05, 3.63) is 47.3 Å². The zero-order chi connectivity index (χ0) is 19.1. The zero-order valence-corrected chi connectivity index (χ0v) is 15.9. The summed E-state index contributed by atoms with van der Waals surface area (Å²) in [7, 11) is 0. The number of rotatable bonds is 8. The van der Waals surface area contributed by atoms with Gasteiger partial charge in [0.25, 0.3) is 5.91 Å². The van der Waals surface area contributed by atoms with Crippen LogP contribution in [0.25, 0.3) is 0 Å². The molecule has 0 unspecified atom stereocenters. The van der Waals surface area contributed by atoms with Crippen LogP contribution < -0.4 is 10.2 Å². The third kappa shape index (κ3) is 5.12. The quantitative estimate of drug-likeness (QED) is 0.729. The van der Waals surface area contributed by atoms with Crippen LogP contribution in [-0.2, 0) is 0 Å². The lowest BCUT2D eigenvalue weighted by atomic mass is 10.1. The number of nitrogens with one attached hydrogen (secondary N) is 1. The van der Waals surface area contributed by atoms with Crippen LogP contribution in [-0.4, -0.2) is 34.7 Å². The second-order valence-electron chi connectivity index (χ2n) is 6.27. The Kier molecular flexibility index (Phi) is 6.83. The molecule has 0 radical (unpaired) electrons. The van der Waals surface area contributed by atoms with E-state index < -0.39 is 0 Å². The number of ketones is 1. The third-order valence-electron chi connectivity index (χ3n) is 3.89. The Morgan fingerprint density at radius 3 is 2.19 bits per heavy atom. The van der Waals surface area contributed by atoms with E-state index in [1.165, 1.54) is 6.92 Å². The molecule has 2 aromatic rings. The van der Waals surface area contributed by atoms with E-state index in [-0.39, 0.29) is 11.7 Å². The van der Waals surface area contributed by atoms with E-state index in [4.69, 9.17) is 0 Å². The average Bonchev–Trinajstić information content (AvgIpc) is 2.61. The molecule has 0 aliphatic heterocycles. The van der Waals surface area contributed by atoms with Crippen molar-refractivity contribution in [3.63, 3.8) is 0 Å². The molecule has 26 heavy (non-hydrogen) atoms. The smallest absolute Gasteiger partial charge is 0.274 e. The molecule has 1 N–H and O–H groups in total. The second kappa shape index (κ2) is 9.08. The highest BCUT2D eigenvalue weighted by Gasteiger charge is 2.15. The van der Waals surface area contributed by atoms with Crippen LogP contribution in [0.2, 0.25) is 0 Å². The number of anilines is 2. The first kappa shape index (κ1) is 19.6. The van der Waals surface area contributed by atoms with Crippen LogP contribution in [0.3, 0.4) is 0 Å². The molecule has 1 aromatic carbocycles. The van der Waals surface area contributed by atoms with Gasteiger partial charge in [0.15, 0.2) is 5.78 Å². The Balaban J connectivity index is 2.21. The lowest BCUT2D eigenvalue weighted by Crippen LogP contribution is -2.28. The van der Waals surface area contributed by atoms with Gasteiger partial charge in [0.05, 0.1) is 0 Å². The number of carbonyl (C=O) groups excluding carboxylic acids is 2. The molecule has 2 rings (SSSR count). The fourth-order valence-corrected chi connectivity index (χ4v) is 2.65. The number of aryl methyl sites for hydroxylation is 1. The summed E-state index contributed by atoms with van der Waals surface area (Å²) >= 11 is 0. The van der Waals surface area contributed by atoms with Gasteiger partial charge in [-0.3, -0.25) is 9.59 Å². The Labute approximate surface area is 154 Å². The van der Waals surface area contributed by atoms with Crippen molar-refractivity contribution in [3.8, 4) is 0 Å². The van der Waals surface area contributed by atoms with Gasteiger partial charge in [0, 0.05) is 30.0 Å². The summed E-state index contributed by atoms with van der Waals surface area (Å²) in [4.78, 5) is 35.0. The minimum atomic E-state index is -0.291. The van der Waals surface area contributed by atoms with Gasteiger partial charge in [-0.25, -0.2) is 9.97 Å². The van der Waals surface area contributed by atoms with E-state index >= 15 is 0 Å². The second-order valence-corrected chi connectivity index (χ2v) is 6.27. The number of benzene rings is 1. The summed E-state index contributed by atoms with van der Waals surface area (Å²) in [5.74, 6) is 0.289. The summed E-state index contributed by atoms with van der Waals surface area (Å²) in [5, 5.41) is 2.82. The van der Waals surface area contributed by atoms with E-state index in [0.717, 1.165) is 31.6 Å². The standard InChI is InChI=1S/C20H26N4O2/c1-5-11-24(12-6-2)20-21-14(3)13-18(23-20)19(26)22-17-9-7-16(8-10-17)15(4)25/h7-10,13H,5-6,11-12H2,1-4H3,(H,22,26). The maximum Gasteiger partial charge on any atom is 0.274 e. The third-order valence-corrected chi connectivity index (χ3v) is 3.89. The fourth-order valence-electron chi connectivity index (χ4n) is 2.65. The molecule has 0 atom stereocenters. The first-order chi connectivity index (χ1) is 12.4. The molecule has 6 heteroatoms. The van der Waals surface area contributed by atoms with Gasteiger partial charge in [0.2, 0.25) is 5.95 Å². The van der Waals surface area contributed by atoms with Crippen molar-refractivity contribution < 1.29 is 9.59 Å². The van der Waals surface area contributed by atoms with Crippen molar-refractivity contribution in [2.45, 2.75) is 40.5 Å². The predicted molar refractivity (Wildman–Crippen MR) is 104 cm³/mol. The lowest BCUT2D eigenvalue weighted by Gasteiger charge is -2.22. The summed E-state index contributed by atoms with van der Waals surface area (Å²) in [5.41, 5.74) is 2.32.